The highest BCUT2D eigenvalue weighted by molar-refractivity contribution is 5.90. The van der Waals surface area contributed by atoms with E-state index in [4.69, 9.17) is 11.6 Å². The molecule has 0 atom stereocenters. The van der Waals surface area contributed by atoms with Gasteiger partial charge in [0.25, 0.3) is 5.92 Å². The quantitative estimate of drug-likeness (QED) is 0.293. The molecule has 1 saturated carbocycles. The van der Waals surface area contributed by atoms with Crippen LogP contribution < -0.4 is 11.6 Å². The summed E-state index contributed by atoms with van der Waals surface area (Å²) in [4.78, 5) is 0. The molecule has 0 aromatic heterocycles. The van der Waals surface area contributed by atoms with Gasteiger partial charge in [-0.05, 0) is 6.08 Å². The third kappa shape index (κ3) is 2.38. The highest BCUT2D eigenvalue weighted by atomic mass is 19.3. The summed E-state index contributed by atoms with van der Waals surface area (Å²) in [5.41, 5.74) is 5.28. The summed E-state index contributed by atoms with van der Waals surface area (Å²) >= 11 is 0. The van der Waals surface area contributed by atoms with Crippen LogP contribution in [0.4, 0.5) is 8.78 Å². The molecule has 0 aliphatic heterocycles. The van der Waals surface area contributed by atoms with E-state index in [2.05, 4.69) is 11.7 Å². The summed E-state index contributed by atoms with van der Waals surface area (Å²) < 4.78 is 24.8. The van der Waals surface area contributed by atoms with Crippen molar-refractivity contribution < 1.29 is 8.78 Å². The van der Waals surface area contributed by atoms with Crippen molar-refractivity contribution in [3.8, 4) is 0 Å². The number of nitrogens with zero attached hydrogens (tertiary/aromatic N) is 2. The van der Waals surface area contributed by atoms with E-state index in [1.54, 1.807) is 0 Å². The summed E-state index contributed by atoms with van der Waals surface area (Å²) in [6.07, 6.45) is 0.769. The van der Waals surface area contributed by atoms with Crippen molar-refractivity contribution in [2.45, 2.75) is 24.8 Å². The standard InChI is InChI=1S/C7H12F2N4/c1-2-6(10)12-13(11)5-3-7(8,9)4-5/h2,5H,1,3-4,11H2,(H2,10,12). The summed E-state index contributed by atoms with van der Waals surface area (Å²) in [6.45, 7) is 3.36. The van der Waals surface area contributed by atoms with Gasteiger partial charge in [-0.1, -0.05) is 6.58 Å². The zero-order valence-corrected chi connectivity index (χ0v) is 7.08. The number of hydrazone groups is 1. The second kappa shape index (κ2) is 3.29. The number of hydrogen-bond donors (Lipinski definition) is 2. The van der Waals surface area contributed by atoms with Crippen LogP contribution in [0.5, 0.6) is 0 Å². The average molecular weight is 190 g/mol. The van der Waals surface area contributed by atoms with Crippen molar-refractivity contribution in [3.63, 3.8) is 0 Å². The third-order valence-corrected chi connectivity index (χ3v) is 1.88. The lowest BCUT2D eigenvalue weighted by Gasteiger charge is -2.38. The number of hydrogen-bond acceptors (Lipinski definition) is 3. The molecule has 0 heterocycles. The first kappa shape index (κ1) is 9.91. The van der Waals surface area contributed by atoms with Crippen molar-refractivity contribution in [2.75, 3.05) is 0 Å². The molecule has 13 heavy (non-hydrogen) atoms. The second-order valence-corrected chi connectivity index (χ2v) is 3.03. The van der Waals surface area contributed by atoms with E-state index in [1.807, 2.05) is 0 Å². The van der Waals surface area contributed by atoms with E-state index >= 15 is 0 Å². The molecule has 0 unspecified atom stereocenters. The Bertz CT molecular complexity index is 231. The van der Waals surface area contributed by atoms with Crippen LogP contribution in [-0.4, -0.2) is 22.9 Å². The fraction of sp³-hybridized carbons (Fsp3) is 0.571. The number of rotatable bonds is 3. The fourth-order valence-corrected chi connectivity index (χ4v) is 1.07. The number of alkyl halides is 2. The Labute approximate surface area is 74.8 Å². The average Bonchev–Trinajstić information content (AvgIpc) is 1.99. The Kier molecular flexibility index (Phi) is 2.51. The van der Waals surface area contributed by atoms with Gasteiger partial charge in [0.1, 0.15) is 5.84 Å². The zero-order valence-electron chi connectivity index (χ0n) is 7.08. The van der Waals surface area contributed by atoms with Crippen molar-refractivity contribution in [3.05, 3.63) is 12.7 Å². The summed E-state index contributed by atoms with van der Waals surface area (Å²) in [6, 6.07) is -0.423. The first-order valence-corrected chi connectivity index (χ1v) is 3.83. The lowest BCUT2D eigenvalue weighted by atomic mass is 9.88. The van der Waals surface area contributed by atoms with Crippen LogP contribution in [0.3, 0.4) is 0 Å². The molecule has 0 bridgehead atoms. The maximum absolute atomic E-state index is 12.4. The van der Waals surface area contributed by atoms with Gasteiger partial charge in [-0.2, -0.15) is 0 Å². The third-order valence-electron chi connectivity index (χ3n) is 1.88. The fourth-order valence-electron chi connectivity index (χ4n) is 1.07. The number of halogens is 2. The van der Waals surface area contributed by atoms with Gasteiger partial charge < -0.3 is 5.73 Å². The van der Waals surface area contributed by atoms with Crippen LogP contribution >= 0.6 is 0 Å². The van der Waals surface area contributed by atoms with Crippen LogP contribution in [0.25, 0.3) is 0 Å². The summed E-state index contributed by atoms with van der Waals surface area (Å²) in [5, 5.41) is 4.60. The van der Waals surface area contributed by atoms with Gasteiger partial charge >= 0.3 is 0 Å². The summed E-state index contributed by atoms with van der Waals surface area (Å²) in [7, 11) is 0. The molecular weight excluding hydrogens is 178 g/mol. The molecule has 0 spiro atoms. The monoisotopic (exact) mass is 190 g/mol. The molecule has 1 rings (SSSR count). The molecule has 1 aliphatic carbocycles. The molecule has 4 N–H and O–H groups in total. The van der Waals surface area contributed by atoms with E-state index in [-0.39, 0.29) is 18.7 Å². The van der Waals surface area contributed by atoms with Gasteiger partial charge in [0.05, 0.1) is 6.04 Å². The maximum atomic E-state index is 12.4. The first-order valence-electron chi connectivity index (χ1n) is 3.83. The van der Waals surface area contributed by atoms with Crippen molar-refractivity contribution in [2.24, 2.45) is 16.7 Å². The molecule has 0 radical (unpaired) electrons. The Morgan fingerprint density at radius 3 is 2.54 bits per heavy atom. The van der Waals surface area contributed by atoms with Crippen LogP contribution in [0.2, 0.25) is 0 Å². The molecule has 0 amide bonds. The van der Waals surface area contributed by atoms with Gasteiger partial charge in [-0.3, -0.25) is 0 Å². The molecule has 74 valence electrons. The molecule has 0 aromatic carbocycles. The van der Waals surface area contributed by atoms with Crippen molar-refractivity contribution >= 4 is 5.84 Å². The minimum absolute atomic E-state index is 0.123. The van der Waals surface area contributed by atoms with Crippen LogP contribution in [0.1, 0.15) is 12.8 Å². The van der Waals surface area contributed by atoms with Gasteiger partial charge in [-0.15, -0.1) is 5.10 Å². The molecule has 0 aromatic rings. The lowest BCUT2D eigenvalue weighted by molar-refractivity contribution is -0.124. The van der Waals surface area contributed by atoms with Gasteiger partial charge in [-0.25, -0.2) is 19.7 Å². The van der Waals surface area contributed by atoms with E-state index in [0.29, 0.717) is 0 Å². The molecule has 4 nitrogen and oxygen atoms in total. The predicted octanol–water partition coefficient (Wildman–Crippen LogP) is 0.418. The van der Waals surface area contributed by atoms with Crippen LogP contribution in [0, 0.1) is 0 Å². The van der Waals surface area contributed by atoms with Crippen LogP contribution in [-0.2, 0) is 0 Å². The van der Waals surface area contributed by atoms with Gasteiger partial charge in [0, 0.05) is 12.8 Å². The molecule has 6 heteroatoms. The zero-order chi connectivity index (χ0) is 10.1. The van der Waals surface area contributed by atoms with E-state index in [9.17, 15) is 8.78 Å². The Morgan fingerprint density at radius 2 is 2.15 bits per heavy atom. The minimum Gasteiger partial charge on any atom is -0.382 e. The van der Waals surface area contributed by atoms with Crippen LogP contribution in [0.15, 0.2) is 17.8 Å². The number of nitrogens with two attached hydrogens (primary N) is 2. The van der Waals surface area contributed by atoms with Crippen molar-refractivity contribution in [1.29, 1.82) is 0 Å². The van der Waals surface area contributed by atoms with Gasteiger partial charge in [0.2, 0.25) is 0 Å². The minimum atomic E-state index is -2.60. The molecule has 1 fully saturated rings. The highest BCUT2D eigenvalue weighted by Gasteiger charge is 2.47. The Balaban J connectivity index is 2.43. The van der Waals surface area contributed by atoms with E-state index < -0.39 is 12.0 Å². The maximum Gasteiger partial charge on any atom is 0.252 e. The SMILES string of the molecule is C=C/C(N)=N/N(N)C1CC(F)(F)C1. The molecular formula is C7H12F2N4. The molecule has 0 saturated heterocycles. The number of hydrazine groups is 1. The predicted molar refractivity (Wildman–Crippen MR) is 45.8 cm³/mol. The first-order chi connectivity index (χ1) is 5.94. The lowest BCUT2D eigenvalue weighted by Crippen LogP contribution is -2.52. The molecule has 1 aliphatic rings. The Hall–Kier alpha value is -1.17. The number of amidine groups is 1. The normalized spacial score (nSPS) is 22.2. The highest BCUT2D eigenvalue weighted by Crippen LogP contribution is 2.39. The smallest absolute Gasteiger partial charge is 0.252 e. The topological polar surface area (TPSA) is 67.6 Å². The van der Waals surface area contributed by atoms with E-state index in [0.717, 1.165) is 5.12 Å². The van der Waals surface area contributed by atoms with Gasteiger partial charge in [0.15, 0.2) is 0 Å². The summed E-state index contributed by atoms with van der Waals surface area (Å²) in [5.74, 6) is 2.89. The Morgan fingerprint density at radius 1 is 1.62 bits per heavy atom. The van der Waals surface area contributed by atoms with E-state index in [1.165, 1.54) is 6.08 Å². The van der Waals surface area contributed by atoms with Crippen molar-refractivity contribution in [1.82, 2.24) is 5.12 Å². The largest absolute Gasteiger partial charge is 0.382 e. The second-order valence-electron chi connectivity index (χ2n) is 3.03.